The fourth-order valence-electron chi connectivity index (χ4n) is 2.31. The van der Waals surface area contributed by atoms with Crippen LogP contribution in [0.1, 0.15) is 79.6 Å². The highest BCUT2D eigenvalue weighted by Crippen LogP contribution is 2.26. The van der Waals surface area contributed by atoms with Crippen molar-refractivity contribution < 1.29 is 9.47 Å². The molecule has 1 radical (unpaired) electrons. The molecule has 2 heteroatoms. The largest absolute Gasteiger partial charge is 0.378 e. The summed E-state index contributed by atoms with van der Waals surface area (Å²) in [5.41, 5.74) is -0.138. The summed E-state index contributed by atoms with van der Waals surface area (Å²) in [5.74, 6) is 0.659. The van der Waals surface area contributed by atoms with Gasteiger partial charge in [-0.2, -0.15) is 0 Å². The second-order valence-corrected chi connectivity index (χ2v) is 6.58. The van der Waals surface area contributed by atoms with Gasteiger partial charge in [0.25, 0.3) is 0 Å². The molecule has 0 amide bonds. The molecule has 0 fully saturated rings. The Labute approximate surface area is 127 Å². The first-order valence-electron chi connectivity index (χ1n) is 8.52. The Morgan fingerprint density at radius 1 is 1.05 bits per heavy atom. The zero-order chi connectivity index (χ0) is 15.4. The molecule has 0 saturated heterocycles. The smallest absolute Gasteiger partial charge is 0.0679 e. The Bertz CT molecular complexity index is 215. The van der Waals surface area contributed by atoms with E-state index in [2.05, 4.69) is 41.5 Å². The highest BCUT2D eigenvalue weighted by Gasteiger charge is 2.28. The first-order chi connectivity index (χ1) is 9.47. The number of rotatable bonds is 13. The average molecular weight is 285 g/mol. The van der Waals surface area contributed by atoms with E-state index in [0.717, 1.165) is 45.3 Å². The zero-order valence-corrected chi connectivity index (χ0v) is 14.5. The fourth-order valence-corrected chi connectivity index (χ4v) is 2.31. The van der Waals surface area contributed by atoms with E-state index in [1.165, 1.54) is 12.8 Å². The Balaban J connectivity index is 4.38. The highest BCUT2D eigenvalue weighted by atomic mass is 16.5. The van der Waals surface area contributed by atoms with Crippen molar-refractivity contribution in [3.63, 3.8) is 0 Å². The monoisotopic (exact) mass is 285 g/mol. The van der Waals surface area contributed by atoms with E-state index in [-0.39, 0.29) is 5.60 Å². The van der Waals surface area contributed by atoms with E-state index in [9.17, 15) is 0 Å². The van der Waals surface area contributed by atoms with Crippen LogP contribution in [0.4, 0.5) is 0 Å². The van der Waals surface area contributed by atoms with Crippen LogP contribution in [0.15, 0.2) is 0 Å². The maximum atomic E-state index is 6.10. The van der Waals surface area contributed by atoms with Crippen molar-refractivity contribution in [2.24, 2.45) is 5.92 Å². The van der Waals surface area contributed by atoms with Gasteiger partial charge in [0.2, 0.25) is 0 Å². The van der Waals surface area contributed by atoms with Crippen molar-refractivity contribution in [3.8, 4) is 0 Å². The summed E-state index contributed by atoms with van der Waals surface area (Å²) in [6.45, 7) is 16.9. The molecule has 0 heterocycles. The maximum absolute atomic E-state index is 6.10. The van der Waals surface area contributed by atoms with Crippen LogP contribution in [0.2, 0.25) is 0 Å². The molecule has 2 nitrogen and oxygen atoms in total. The molecule has 0 saturated carbocycles. The predicted molar refractivity (Wildman–Crippen MR) is 88.0 cm³/mol. The second kappa shape index (κ2) is 11.6. The van der Waals surface area contributed by atoms with Gasteiger partial charge < -0.3 is 9.47 Å². The van der Waals surface area contributed by atoms with Crippen LogP contribution >= 0.6 is 0 Å². The van der Waals surface area contributed by atoms with E-state index in [4.69, 9.17) is 9.47 Å². The number of unbranched alkanes of at least 4 members (excludes halogenated alkanes) is 2. The molecule has 20 heavy (non-hydrogen) atoms. The van der Waals surface area contributed by atoms with Crippen molar-refractivity contribution in [2.45, 2.75) is 91.3 Å². The third-order valence-electron chi connectivity index (χ3n) is 3.72. The highest BCUT2D eigenvalue weighted by molar-refractivity contribution is 4.81. The molecule has 2 unspecified atom stereocenters. The van der Waals surface area contributed by atoms with Gasteiger partial charge in [-0.15, -0.1) is 0 Å². The molecule has 2 atom stereocenters. The molecule has 0 aromatic heterocycles. The Hall–Kier alpha value is -0.0800. The molecule has 0 N–H and O–H groups in total. The van der Waals surface area contributed by atoms with E-state index < -0.39 is 0 Å². The van der Waals surface area contributed by atoms with Gasteiger partial charge in [-0.1, -0.05) is 47.5 Å². The minimum atomic E-state index is -0.138. The summed E-state index contributed by atoms with van der Waals surface area (Å²) in [6.07, 6.45) is 7.81. The standard InChI is InChI=1S/C18H37O2/c1-7-10-12-19-17(14-16(4)5)15-18(6,9-3)20-13-11-8-2/h16-17H,3,7-15H2,1-2,4-6H3. The minimum Gasteiger partial charge on any atom is -0.378 e. The van der Waals surface area contributed by atoms with E-state index >= 15 is 0 Å². The summed E-state index contributed by atoms with van der Waals surface area (Å²) in [4.78, 5) is 0. The lowest BCUT2D eigenvalue weighted by Crippen LogP contribution is -2.35. The second-order valence-electron chi connectivity index (χ2n) is 6.58. The van der Waals surface area contributed by atoms with Crippen LogP contribution in [-0.4, -0.2) is 24.9 Å². The molecular weight excluding hydrogens is 248 g/mol. The maximum Gasteiger partial charge on any atom is 0.0679 e. The molecule has 0 aliphatic heterocycles. The van der Waals surface area contributed by atoms with Crippen LogP contribution in [0.3, 0.4) is 0 Å². The summed E-state index contributed by atoms with van der Waals surface area (Å²) in [5, 5.41) is 0. The molecule has 0 bridgehead atoms. The zero-order valence-electron chi connectivity index (χ0n) is 14.5. The minimum absolute atomic E-state index is 0.138. The van der Waals surface area contributed by atoms with E-state index in [1.807, 2.05) is 0 Å². The van der Waals surface area contributed by atoms with Crippen molar-refractivity contribution >= 4 is 0 Å². The Morgan fingerprint density at radius 3 is 2.15 bits per heavy atom. The van der Waals surface area contributed by atoms with Gasteiger partial charge in [-0.05, 0) is 38.5 Å². The lowest BCUT2D eigenvalue weighted by Gasteiger charge is -2.33. The van der Waals surface area contributed by atoms with Crippen molar-refractivity contribution in [1.29, 1.82) is 0 Å². The van der Waals surface area contributed by atoms with Crippen LogP contribution in [-0.2, 0) is 9.47 Å². The molecule has 0 aliphatic rings. The van der Waals surface area contributed by atoms with Crippen LogP contribution < -0.4 is 0 Å². The summed E-state index contributed by atoms with van der Waals surface area (Å²) < 4.78 is 12.2. The molecule has 121 valence electrons. The normalized spacial score (nSPS) is 16.4. The molecular formula is C18H37O2. The molecule has 0 aromatic carbocycles. The van der Waals surface area contributed by atoms with Gasteiger partial charge >= 0.3 is 0 Å². The quantitative estimate of drug-likeness (QED) is 0.421. The predicted octanol–water partition coefficient (Wildman–Crippen LogP) is 5.41. The van der Waals surface area contributed by atoms with Crippen LogP contribution in [0, 0.1) is 12.8 Å². The van der Waals surface area contributed by atoms with Gasteiger partial charge in [0.15, 0.2) is 0 Å². The summed E-state index contributed by atoms with van der Waals surface area (Å²) >= 11 is 0. The van der Waals surface area contributed by atoms with Gasteiger partial charge in [0.1, 0.15) is 0 Å². The first kappa shape index (κ1) is 19.9. The third-order valence-corrected chi connectivity index (χ3v) is 3.72. The number of hydrogen-bond acceptors (Lipinski definition) is 2. The average Bonchev–Trinajstić information content (AvgIpc) is 2.38. The Kier molecular flexibility index (Phi) is 11.5. The molecule has 0 aliphatic carbocycles. The van der Waals surface area contributed by atoms with Crippen LogP contribution in [0.25, 0.3) is 0 Å². The van der Waals surface area contributed by atoms with Crippen LogP contribution in [0.5, 0.6) is 0 Å². The molecule has 0 spiro atoms. The van der Waals surface area contributed by atoms with Crippen molar-refractivity contribution in [3.05, 3.63) is 6.92 Å². The topological polar surface area (TPSA) is 18.5 Å². The third kappa shape index (κ3) is 9.77. The lowest BCUT2D eigenvalue weighted by atomic mass is 9.91. The number of hydrogen-bond donors (Lipinski definition) is 0. The SMILES string of the molecule is [CH2]CC(C)(CC(CC(C)C)OCCCC)OCCCC. The Morgan fingerprint density at radius 2 is 1.65 bits per heavy atom. The fraction of sp³-hybridized carbons (Fsp3) is 0.944. The summed E-state index contributed by atoms with van der Waals surface area (Å²) in [7, 11) is 0. The molecule has 0 aromatic rings. The van der Waals surface area contributed by atoms with Crippen molar-refractivity contribution in [1.82, 2.24) is 0 Å². The summed E-state index contributed by atoms with van der Waals surface area (Å²) in [6, 6.07) is 0. The molecule has 0 rings (SSSR count). The first-order valence-corrected chi connectivity index (χ1v) is 8.52. The van der Waals surface area contributed by atoms with Gasteiger partial charge in [-0.3, -0.25) is 0 Å². The van der Waals surface area contributed by atoms with Crippen molar-refractivity contribution in [2.75, 3.05) is 13.2 Å². The van der Waals surface area contributed by atoms with Gasteiger partial charge in [0, 0.05) is 19.6 Å². The lowest BCUT2D eigenvalue weighted by molar-refractivity contribution is -0.0802. The van der Waals surface area contributed by atoms with Gasteiger partial charge in [-0.25, -0.2) is 0 Å². The van der Waals surface area contributed by atoms with E-state index in [0.29, 0.717) is 12.0 Å². The van der Waals surface area contributed by atoms with E-state index in [1.54, 1.807) is 0 Å². The van der Waals surface area contributed by atoms with Gasteiger partial charge in [0.05, 0.1) is 11.7 Å². The number of ether oxygens (including phenoxy) is 2.